The fraction of sp³-hybridized carbons (Fsp3) is 0.286. The van der Waals surface area contributed by atoms with E-state index in [1.54, 1.807) is 36.1 Å². The van der Waals surface area contributed by atoms with Crippen LogP contribution in [-0.4, -0.2) is 33.1 Å². The second-order valence-corrected chi connectivity index (χ2v) is 7.09. The highest BCUT2D eigenvalue weighted by atomic mass is 35.5. The molecule has 2 aromatic carbocycles. The van der Waals surface area contributed by atoms with E-state index in [4.69, 9.17) is 20.9 Å². The van der Waals surface area contributed by atoms with Crippen molar-refractivity contribution in [1.29, 1.82) is 0 Å². The maximum Gasteiger partial charge on any atom is 0.264 e. The molecule has 0 spiro atoms. The van der Waals surface area contributed by atoms with Crippen molar-refractivity contribution < 1.29 is 14.1 Å². The summed E-state index contributed by atoms with van der Waals surface area (Å²) in [6, 6.07) is 16.4. The summed E-state index contributed by atoms with van der Waals surface area (Å²) < 4.78 is 11.1. The van der Waals surface area contributed by atoms with Gasteiger partial charge in [-0.3, -0.25) is 4.79 Å². The van der Waals surface area contributed by atoms with Crippen molar-refractivity contribution in [1.82, 2.24) is 15.0 Å². The van der Waals surface area contributed by atoms with Gasteiger partial charge >= 0.3 is 0 Å². The highest BCUT2D eigenvalue weighted by Crippen LogP contribution is 2.20. The number of nitrogens with zero attached hydrogens (tertiary/aromatic N) is 3. The smallest absolute Gasteiger partial charge is 0.264 e. The van der Waals surface area contributed by atoms with Crippen LogP contribution in [0, 0.1) is 0 Å². The quantitative estimate of drug-likeness (QED) is 0.581. The van der Waals surface area contributed by atoms with Crippen LogP contribution in [0.1, 0.15) is 26.7 Å². The maximum absolute atomic E-state index is 12.9. The minimum absolute atomic E-state index is 0.0648. The molecule has 1 atom stereocenters. The molecule has 0 aliphatic carbocycles. The van der Waals surface area contributed by atoms with E-state index in [1.165, 1.54) is 0 Å². The van der Waals surface area contributed by atoms with Crippen molar-refractivity contribution in [3.8, 4) is 17.1 Å². The zero-order valence-electron chi connectivity index (χ0n) is 16.0. The lowest BCUT2D eigenvalue weighted by molar-refractivity contribution is -0.140. The van der Waals surface area contributed by atoms with Gasteiger partial charge in [-0.1, -0.05) is 53.2 Å². The number of carbonyl (C=O) groups is 1. The maximum atomic E-state index is 12.9. The van der Waals surface area contributed by atoms with Crippen molar-refractivity contribution in [2.24, 2.45) is 0 Å². The molecule has 3 rings (SSSR count). The third-order valence-corrected chi connectivity index (χ3v) is 4.40. The summed E-state index contributed by atoms with van der Waals surface area (Å²) >= 11 is 5.98. The van der Waals surface area contributed by atoms with Gasteiger partial charge in [0.2, 0.25) is 11.7 Å². The first-order valence-electron chi connectivity index (χ1n) is 9.04. The number of aromatic nitrogens is 2. The zero-order chi connectivity index (χ0) is 20.1. The molecule has 0 saturated heterocycles. The summed E-state index contributed by atoms with van der Waals surface area (Å²) in [6.07, 6.45) is -0.683. The number of halogens is 1. The third-order valence-electron chi connectivity index (χ3n) is 4.17. The highest BCUT2D eigenvalue weighted by Gasteiger charge is 2.26. The molecule has 0 aliphatic rings. The third kappa shape index (κ3) is 4.89. The predicted octanol–water partition coefficient (Wildman–Crippen LogP) is 4.59. The van der Waals surface area contributed by atoms with Gasteiger partial charge in [0.15, 0.2) is 6.10 Å². The minimum atomic E-state index is -0.683. The van der Waals surface area contributed by atoms with E-state index >= 15 is 0 Å². The van der Waals surface area contributed by atoms with E-state index < -0.39 is 6.10 Å². The lowest BCUT2D eigenvalue weighted by atomic mass is 10.2. The lowest BCUT2D eigenvalue weighted by Crippen LogP contribution is -2.43. The predicted molar refractivity (Wildman–Crippen MR) is 107 cm³/mol. The Morgan fingerprint density at radius 3 is 2.57 bits per heavy atom. The van der Waals surface area contributed by atoms with Crippen molar-refractivity contribution in [3.05, 3.63) is 65.5 Å². The van der Waals surface area contributed by atoms with Crippen LogP contribution in [0.4, 0.5) is 0 Å². The Morgan fingerprint density at radius 2 is 1.89 bits per heavy atom. The molecule has 6 nitrogen and oxygen atoms in total. The Kier molecular flexibility index (Phi) is 6.31. The first-order chi connectivity index (χ1) is 13.4. The van der Waals surface area contributed by atoms with Crippen LogP contribution in [0.2, 0.25) is 5.02 Å². The molecule has 0 N–H and O–H groups in total. The Bertz CT molecular complexity index is 927. The zero-order valence-corrected chi connectivity index (χ0v) is 16.8. The summed E-state index contributed by atoms with van der Waals surface area (Å²) in [5, 5.41) is 4.56. The van der Waals surface area contributed by atoms with E-state index in [9.17, 15) is 4.79 Å². The summed E-state index contributed by atoms with van der Waals surface area (Å²) in [5.74, 6) is 1.24. The molecule has 146 valence electrons. The van der Waals surface area contributed by atoms with Gasteiger partial charge in [-0.15, -0.1) is 0 Å². The number of amides is 1. The summed E-state index contributed by atoms with van der Waals surface area (Å²) in [7, 11) is 0. The van der Waals surface area contributed by atoms with E-state index in [2.05, 4.69) is 10.1 Å². The van der Waals surface area contributed by atoms with Crippen LogP contribution in [0.25, 0.3) is 11.4 Å². The van der Waals surface area contributed by atoms with Gasteiger partial charge in [-0.05, 0) is 39.0 Å². The Balaban J connectivity index is 1.71. The van der Waals surface area contributed by atoms with Crippen LogP contribution in [0.15, 0.2) is 59.1 Å². The van der Waals surface area contributed by atoms with E-state index in [1.807, 2.05) is 44.2 Å². The molecule has 0 saturated carbocycles. The number of hydrogen-bond donors (Lipinski definition) is 0. The number of benzene rings is 2. The first kappa shape index (κ1) is 19.9. The average Bonchev–Trinajstić information content (AvgIpc) is 3.15. The molecule has 1 heterocycles. The SMILES string of the molecule is CC(C)N(Cc1nc(-c2ccccc2)no1)C(=O)[C@H](C)Oc1cccc(Cl)c1. The van der Waals surface area contributed by atoms with Gasteiger partial charge in [-0.25, -0.2) is 0 Å². The lowest BCUT2D eigenvalue weighted by Gasteiger charge is -2.28. The normalized spacial score (nSPS) is 12.0. The van der Waals surface area contributed by atoms with Crippen LogP contribution in [0.3, 0.4) is 0 Å². The number of carbonyl (C=O) groups excluding carboxylic acids is 1. The molecule has 0 bridgehead atoms. The van der Waals surface area contributed by atoms with E-state index in [-0.39, 0.29) is 18.5 Å². The second kappa shape index (κ2) is 8.89. The second-order valence-electron chi connectivity index (χ2n) is 6.66. The Labute approximate surface area is 169 Å². The summed E-state index contributed by atoms with van der Waals surface area (Å²) in [4.78, 5) is 19.0. The monoisotopic (exact) mass is 399 g/mol. The van der Waals surface area contributed by atoms with E-state index in [0.717, 1.165) is 5.56 Å². The molecule has 7 heteroatoms. The fourth-order valence-electron chi connectivity index (χ4n) is 2.71. The highest BCUT2D eigenvalue weighted by molar-refractivity contribution is 6.30. The Hall–Kier alpha value is -2.86. The summed E-state index contributed by atoms with van der Waals surface area (Å²) in [6.45, 7) is 5.78. The van der Waals surface area contributed by atoms with Crippen LogP contribution in [0.5, 0.6) is 5.75 Å². The molecule has 0 aliphatic heterocycles. The van der Waals surface area contributed by atoms with Gasteiger partial charge in [0.1, 0.15) is 12.3 Å². The van der Waals surface area contributed by atoms with Crippen LogP contribution in [-0.2, 0) is 11.3 Å². The van der Waals surface area contributed by atoms with Crippen molar-refractivity contribution in [2.75, 3.05) is 0 Å². The molecule has 28 heavy (non-hydrogen) atoms. The van der Waals surface area contributed by atoms with Crippen molar-refractivity contribution >= 4 is 17.5 Å². The number of ether oxygens (including phenoxy) is 1. The fourth-order valence-corrected chi connectivity index (χ4v) is 2.89. The molecular formula is C21H22ClN3O3. The number of rotatable bonds is 7. The molecule has 3 aromatic rings. The van der Waals surface area contributed by atoms with Gasteiger partial charge in [0.25, 0.3) is 5.91 Å². The molecule has 0 fully saturated rings. The first-order valence-corrected chi connectivity index (χ1v) is 9.42. The molecular weight excluding hydrogens is 378 g/mol. The van der Waals surface area contributed by atoms with Crippen LogP contribution >= 0.6 is 11.6 Å². The molecule has 0 unspecified atom stereocenters. The largest absolute Gasteiger partial charge is 0.481 e. The standard InChI is InChI=1S/C21H22ClN3O3/c1-14(2)25(21(26)15(3)27-18-11-7-10-17(22)12-18)13-19-23-20(24-28-19)16-8-5-4-6-9-16/h4-12,14-15H,13H2,1-3H3/t15-/m0/s1. The van der Waals surface area contributed by atoms with Gasteiger partial charge in [0, 0.05) is 16.6 Å². The van der Waals surface area contributed by atoms with Crippen LogP contribution < -0.4 is 4.74 Å². The van der Waals surface area contributed by atoms with Gasteiger partial charge in [-0.2, -0.15) is 4.98 Å². The molecule has 1 aromatic heterocycles. The summed E-state index contributed by atoms with van der Waals surface area (Å²) in [5.41, 5.74) is 0.859. The van der Waals surface area contributed by atoms with Crippen molar-refractivity contribution in [2.45, 2.75) is 39.5 Å². The number of hydrogen-bond acceptors (Lipinski definition) is 5. The van der Waals surface area contributed by atoms with E-state index in [0.29, 0.717) is 22.5 Å². The Morgan fingerprint density at radius 1 is 1.14 bits per heavy atom. The molecule has 0 radical (unpaired) electrons. The van der Waals surface area contributed by atoms with Gasteiger partial charge in [0.05, 0.1) is 0 Å². The average molecular weight is 400 g/mol. The minimum Gasteiger partial charge on any atom is -0.481 e. The van der Waals surface area contributed by atoms with Crippen molar-refractivity contribution in [3.63, 3.8) is 0 Å². The molecule has 1 amide bonds. The van der Waals surface area contributed by atoms with Gasteiger partial charge < -0.3 is 14.2 Å². The topological polar surface area (TPSA) is 68.5 Å².